The summed E-state index contributed by atoms with van der Waals surface area (Å²) >= 11 is 5.79. The zero-order valence-electron chi connectivity index (χ0n) is 9.27. The average Bonchev–Trinajstić information content (AvgIpc) is 2.74. The Kier molecular flexibility index (Phi) is 4.97. The molecule has 2 rings (SSSR count). The first-order chi connectivity index (χ1) is 7.85. The van der Waals surface area contributed by atoms with Crippen LogP contribution in [0.15, 0.2) is 0 Å². The summed E-state index contributed by atoms with van der Waals surface area (Å²) in [6, 6.07) is 0. The number of nitrogens with zero attached hydrogens (tertiary/aromatic N) is 1. The summed E-state index contributed by atoms with van der Waals surface area (Å²) in [5.41, 5.74) is 6.76. The van der Waals surface area contributed by atoms with Gasteiger partial charge in [0.2, 0.25) is 0 Å². The maximum absolute atomic E-state index is 5.73. The topological polar surface area (TPSA) is 48.1 Å². The van der Waals surface area contributed by atoms with Crippen molar-refractivity contribution in [3.63, 3.8) is 0 Å². The number of hydrogen-bond donors (Lipinski definition) is 1. The van der Waals surface area contributed by atoms with Gasteiger partial charge < -0.3 is 10.5 Å². The highest BCUT2D eigenvalue weighted by Gasteiger charge is 2.21. The highest BCUT2D eigenvalue weighted by molar-refractivity contribution is 8.06. The van der Waals surface area contributed by atoms with Gasteiger partial charge in [0, 0.05) is 35.8 Å². The first kappa shape index (κ1) is 12.7. The molecule has 1 fully saturated rings. The highest BCUT2D eigenvalue weighted by Crippen LogP contribution is 2.39. The van der Waals surface area contributed by atoms with E-state index in [1.165, 1.54) is 27.1 Å². The number of rotatable bonds is 4. The Morgan fingerprint density at radius 3 is 3.00 bits per heavy atom. The molecular formula is C10H16N2OS3. The molecule has 1 aliphatic heterocycles. The summed E-state index contributed by atoms with van der Waals surface area (Å²) in [4.78, 5) is 5.85. The van der Waals surface area contributed by atoms with Crippen LogP contribution in [0.5, 0.6) is 0 Å². The van der Waals surface area contributed by atoms with E-state index in [9.17, 15) is 0 Å². The second-order valence-corrected chi connectivity index (χ2v) is 7.07. The van der Waals surface area contributed by atoms with E-state index in [1.54, 1.807) is 18.4 Å². The summed E-state index contributed by atoms with van der Waals surface area (Å²) in [7, 11) is 1.70. The van der Waals surface area contributed by atoms with Crippen LogP contribution < -0.4 is 5.73 Å². The summed E-state index contributed by atoms with van der Waals surface area (Å²) in [5.74, 6) is 3.67. The number of hydrogen-bond acceptors (Lipinski definition) is 6. The van der Waals surface area contributed by atoms with Crippen LogP contribution >= 0.6 is 34.9 Å². The number of nitrogens with two attached hydrogens (primary N) is 1. The number of methoxy groups -OCH3 is 1. The van der Waals surface area contributed by atoms with Gasteiger partial charge in [0.25, 0.3) is 0 Å². The fourth-order valence-corrected chi connectivity index (χ4v) is 5.51. The van der Waals surface area contributed by atoms with Gasteiger partial charge in [-0.15, -0.1) is 23.1 Å². The molecule has 0 amide bonds. The minimum Gasteiger partial charge on any atom is -0.378 e. The molecule has 1 aliphatic rings. The van der Waals surface area contributed by atoms with Gasteiger partial charge in [-0.1, -0.05) is 0 Å². The van der Waals surface area contributed by atoms with Crippen molar-refractivity contribution >= 4 is 34.9 Å². The van der Waals surface area contributed by atoms with Gasteiger partial charge in [-0.3, -0.25) is 0 Å². The molecule has 1 saturated heterocycles. The van der Waals surface area contributed by atoms with Crippen LogP contribution in [-0.2, 0) is 17.9 Å². The number of thiazole rings is 1. The van der Waals surface area contributed by atoms with Gasteiger partial charge in [-0.25, -0.2) is 4.98 Å². The van der Waals surface area contributed by atoms with Crippen molar-refractivity contribution in [2.75, 3.05) is 24.4 Å². The van der Waals surface area contributed by atoms with Crippen LogP contribution in [0.4, 0.5) is 0 Å². The van der Waals surface area contributed by atoms with Crippen LogP contribution in [0.3, 0.4) is 0 Å². The van der Waals surface area contributed by atoms with E-state index in [-0.39, 0.29) is 0 Å². The Labute approximate surface area is 109 Å². The molecule has 0 spiro atoms. The van der Waals surface area contributed by atoms with E-state index in [4.69, 9.17) is 10.5 Å². The quantitative estimate of drug-likeness (QED) is 0.914. The van der Waals surface area contributed by atoms with Crippen LogP contribution in [0, 0.1) is 0 Å². The second kappa shape index (κ2) is 6.26. The summed E-state index contributed by atoms with van der Waals surface area (Å²) in [5, 5.41) is 1.78. The SMILES string of the molecule is COCc1nc(C2CSCCS2)sc1CN. The zero-order chi connectivity index (χ0) is 11.4. The normalized spacial score (nSPS) is 21.2. The van der Waals surface area contributed by atoms with Gasteiger partial charge in [0.15, 0.2) is 0 Å². The lowest BCUT2D eigenvalue weighted by atomic mass is 10.4. The molecule has 1 aromatic heterocycles. The number of ether oxygens (including phenoxy) is 1. The monoisotopic (exact) mass is 276 g/mol. The standard InChI is InChI=1S/C10H16N2OS3/c1-13-5-7-8(4-11)16-10(12-7)9-6-14-2-3-15-9/h9H,2-6,11H2,1H3. The molecule has 0 saturated carbocycles. The summed E-state index contributed by atoms with van der Waals surface area (Å²) in [6.07, 6.45) is 0. The Morgan fingerprint density at radius 2 is 2.38 bits per heavy atom. The molecule has 1 unspecified atom stereocenters. The van der Waals surface area contributed by atoms with Crippen molar-refractivity contribution < 1.29 is 4.74 Å². The predicted molar refractivity (Wildman–Crippen MR) is 73.2 cm³/mol. The summed E-state index contributed by atoms with van der Waals surface area (Å²) in [6.45, 7) is 1.15. The van der Waals surface area contributed by atoms with E-state index < -0.39 is 0 Å². The van der Waals surface area contributed by atoms with Gasteiger partial charge in [-0.2, -0.15) is 11.8 Å². The third-order valence-electron chi connectivity index (χ3n) is 2.35. The molecule has 2 N–H and O–H groups in total. The largest absolute Gasteiger partial charge is 0.378 e. The molecule has 16 heavy (non-hydrogen) atoms. The Hall–Kier alpha value is 0.250. The molecule has 3 nitrogen and oxygen atoms in total. The molecule has 6 heteroatoms. The maximum atomic E-state index is 5.73. The molecule has 0 aromatic carbocycles. The number of aromatic nitrogens is 1. The Balaban J connectivity index is 2.14. The van der Waals surface area contributed by atoms with Gasteiger partial charge >= 0.3 is 0 Å². The van der Waals surface area contributed by atoms with Crippen molar-refractivity contribution in [1.29, 1.82) is 0 Å². The molecule has 2 heterocycles. The first-order valence-electron chi connectivity index (χ1n) is 5.22. The fourth-order valence-electron chi connectivity index (χ4n) is 1.58. The van der Waals surface area contributed by atoms with Crippen molar-refractivity contribution in [2.24, 2.45) is 5.73 Å². The van der Waals surface area contributed by atoms with Crippen molar-refractivity contribution in [3.05, 3.63) is 15.6 Å². The lowest BCUT2D eigenvalue weighted by molar-refractivity contribution is 0.181. The first-order valence-corrected chi connectivity index (χ1v) is 8.24. The second-order valence-electron chi connectivity index (χ2n) is 3.49. The average molecular weight is 276 g/mol. The minimum absolute atomic E-state index is 0.555. The van der Waals surface area contributed by atoms with Crippen molar-refractivity contribution in [2.45, 2.75) is 18.4 Å². The zero-order valence-corrected chi connectivity index (χ0v) is 11.7. The molecule has 1 aromatic rings. The highest BCUT2D eigenvalue weighted by atomic mass is 32.2. The molecule has 0 radical (unpaired) electrons. The smallest absolute Gasteiger partial charge is 0.107 e. The molecular weight excluding hydrogens is 260 g/mol. The van der Waals surface area contributed by atoms with E-state index in [1.807, 2.05) is 23.5 Å². The van der Waals surface area contributed by atoms with E-state index in [0.717, 1.165) is 5.69 Å². The molecule has 0 aliphatic carbocycles. The Morgan fingerprint density at radius 1 is 1.50 bits per heavy atom. The van der Waals surface area contributed by atoms with E-state index in [2.05, 4.69) is 4.98 Å². The third kappa shape index (κ3) is 2.92. The lowest BCUT2D eigenvalue weighted by Gasteiger charge is -2.18. The van der Waals surface area contributed by atoms with E-state index >= 15 is 0 Å². The van der Waals surface area contributed by atoms with Gasteiger partial charge in [0.1, 0.15) is 5.01 Å². The minimum atomic E-state index is 0.555. The van der Waals surface area contributed by atoms with Crippen molar-refractivity contribution in [1.82, 2.24) is 4.98 Å². The van der Waals surface area contributed by atoms with Crippen molar-refractivity contribution in [3.8, 4) is 0 Å². The van der Waals surface area contributed by atoms with E-state index in [0.29, 0.717) is 18.4 Å². The third-order valence-corrected chi connectivity index (χ3v) is 6.50. The van der Waals surface area contributed by atoms with Crippen LogP contribution in [0.25, 0.3) is 0 Å². The fraction of sp³-hybridized carbons (Fsp3) is 0.700. The maximum Gasteiger partial charge on any atom is 0.107 e. The Bertz CT molecular complexity index is 337. The molecule has 90 valence electrons. The molecule has 1 atom stereocenters. The molecule has 0 bridgehead atoms. The van der Waals surface area contributed by atoms with Crippen LogP contribution in [0.2, 0.25) is 0 Å². The number of thioether (sulfide) groups is 2. The lowest BCUT2D eigenvalue weighted by Crippen LogP contribution is -2.06. The van der Waals surface area contributed by atoms with Crippen LogP contribution in [0.1, 0.15) is 20.8 Å². The van der Waals surface area contributed by atoms with Crippen LogP contribution in [-0.4, -0.2) is 29.4 Å². The predicted octanol–water partition coefficient (Wildman–Crippen LogP) is 2.27. The van der Waals surface area contributed by atoms with Gasteiger partial charge in [0.05, 0.1) is 17.6 Å². The van der Waals surface area contributed by atoms with Gasteiger partial charge in [-0.05, 0) is 0 Å². The summed E-state index contributed by atoms with van der Waals surface area (Å²) < 4.78 is 5.15.